The molecule has 2 aromatic carbocycles. The lowest BCUT2D eigenvalue weighted by molar-refractivity contribution is -0.160. The molecule has 0 aliphatic carbocycles. The molecule has 3 aromatic rings. The number of amides is 2. The van der Waals surface area contributed by atoms with Gasteiger partial charge >= 0.3 is 0 Å². The molecule has 1 unspecified atom stereocenters. The van der Waals surface area contributed by atoms with Crippen molar-refractivity contribution < 1.29 is 14.3 Å². The van der Waals surface area contributed by atoms with Gasteiger partial charge in [0.1, 0.15) is 6.04 Å². The van der Waals surface area contributed by atoms with Crippen molar-refractivity contribution in [1.82, 2.24) is 14.8 Å². The van der Waals surface area contributed by atoms with E-state index in [2.05, 4.69) is 29.2 Å². The number of carbonyl (C=O) groups excluding carboxylic acids is 2. The molecule has 6 heteroatoms. The third-order valence-corrected chi connectivity index (χ3v) is 6.79. The molecule has 0 spiro atoms. The number of hydrogen-bond donors (Lipinski definition) is 1. The second-order valence-corrected chi connectivity index (χ2v) is 8.73. The van der Waals surface area contributed by atoms with E-state index in [4.69, 9.17) is 4.74 Å². The first-order chi connectivity index (χ1) is 15.7. The first-order valence-electron chi connectivity index (χ1n) is 11.4. The highest BCUT2D eigenvalue weighted by molar-refractivity contribution is 5.97. The Hall–Kier alpha value is -3.12. The number of piperazine rings is 1. The summed E-state index contributed by atoms with van der Waals surface area (Å²) in [7, 11) is 1.65. The van der Waals surface area contributed by atoms with E-state index in [0.29, 0.717) is 19.6 Å². The van der Waals surface area contributed by atoms with Crippen molar-refractivity contribution in [2.45, 2.75) is 37.8 Å². The van der Waals surface area contributed by atoms with E-state index in [-0.39, 0.29) is 24.4 Å². The molecule has 2 aliphatic heterocycles. The molecule has 6 nitrogen and oxygen atoms in total. The molecule has 32 heavy (non-hydrogen) atoms. The van der Waals surface area contributed by atoms with Gasteiger partial charge in [0.05, 0.1) is 12.6 Å². The quantitative estimate of drug-likeness (QED) is 0.583. The first-order valence-corrected chi connectivity index (χ1v) is 11.4. The lowest BCUT2D eigenvalue weighted by Gasteiger charge is -2.47. The zero-order valence-corrected chi connectivity index (χ0v) is 18.4. The Balaban J connectivity index is 1.50. The summed E-state index contributed by atoms with van der Waals surface area (Å²) in [6.45, 7) is 1.28. The minimum absolute atomic E-state index is 0.0365. The molecule has 0 radical (unpaired) electrons. The Morgan fingerprint density at radius 2 is 1.84 bits per heavy atom. The Bertz CT molecular complexity index is 1120. The molecular formula is C26H29N3O3. The molecule has 1 saturated heterocycles. The van der Waals surface area contributed by atoms with Crippen molar-refractivity contribution in [3.63, 3.8) is 0 Å². The highest BCUT2D eigenvalue weighted by Crippen LogP contribution is 2.41. The number of methoxy groups -OCH3 is 1. The van der Waals surface area contributed by atoms with Crippen molar-refractivity contribution in [2.24, 2.45) is 0 Å². The summed E-state index contributed by atoms with van der Waals surface area (Å²) in [6.07, 6.45) is 2.93. The molecule has 166 valence electrons. The van der Waals surface area contributed by atoms with Crippen LogP contribution in [0.4, 0.5) is 0 Å². The molecular weight excluding hydrogens is 402 g/mol. The fourth-order valence-corrected chi connectivity index (χ4v) is 5.28. The average molecular weight is 432 g/mol. The standard InChI is InChI=1S/C26H29N3O3/c1-32-15-7-14-28-17-24(30)29-22(13-12-18-8-3-2-4-9-18)25-20(16-23(29)26(28)31)19-10-5-6-11-21(19)27-25/h2-6,8-11,22-23,27H,7,12-17H2,1H3/t22?,23-/m1/s1. The van der Waals surface area contributed by atoms with Gasteiger partial charge in [-0.25, -0.2) is 0 Å². The summed E-state index contributed by atoms with van der Waals surface area (Å²) in [5.41, 5.74) is 4.58. The molecule has 2 aliphatic rings. The Morgan fingerprint density at radius 3 is 2.66 bits per heavy atom. The zero-order chi connectivity index (χ0) is 22.1. The average Bonchev–Trinajstić information content (AvgIpc) is 3.19. The van der Waals surface area contributed by atoms with Gasteiger partial charge in [0, 0.05) is 43.3 Å². The summed E-state index contributed by atoms with van der Waals surface area (Å²) in [5, 5.41) is 1.16. The van der Waals surface area contributed by atoms with E-state index in [9.17, 15) is 9.59 Å². The van der Waals surface area contributed by atoms with Gasteiger partial charge in [-0.05, 0) is 36.5 Å². The van der Waals surface area contributed by atoms with Crippen LogP contribution < -0.4 is 0 Å². The van der Waals surface area contributed by atoms with Crippen molar-refractivity contribution in [1.29, 1.82) is 0 Å². The maximum atomic E-state index is 13.5. The van der Waals surface area contributed by atoms with Gasteiger partial charge in [0.2, 0.25) is 11.8 Å². The number of benzene rings is 2. The predicted octanol–water partition coefficient (Wildman–Crippen LogP) is 3.47. The van der Waals surface area contributed by atoms with Crippen molar-refractivity contribution >= 4 is 22.7 Å². The molecule has 1 fully saturated rings. The molecule has 0 bridgehead atoms. The minimum Gasteiger partial charge on any atom is -0.385 e. The Labute approximate surface area is 188 Å². The van der Waals surface area contributed by atoms with Gasteiger partial charge < -0.3 is 19.5 Å². The predicted molar refractivity (Wildman–Crippen MR) is 123 cm³/mol. The molecule has 0 saturated carbocycles. The van der Waals surface area contributed by atoms with E-state index >= 15 is 0 Å². The van der Waals surface area contributed by atoms with E-state index in [1.165, 1.54) is 11.1 Å². The number of H-pyrrole nitrogens is 1. The molecule has 2 atom stereocenters. The molecule has 5 rings (SSSR count). The second kappa shape index (κ2) is 8.79. The van der Waals surface area contributed by atoms with Crippen LogP contribution in [0.5, 0.6) is 0 Å². The number of aryl methyl sites for hydroxylation is 1. The van der Waals surface area contributed by atoms with Gasteiger partial charge in [0.25, 0.3) is 0 Å². The van der Waals surface area contributed by atoms with Crippen LogP contribution in [0, 0.1) is 0 Å². The van der Waals surface area contributed by atoms with Crippen LogP contribution in [-0.4, -0.2) is 59.4 Å². The summed E-state index contributed by atoms with van der Waals surface area (Å²) in [6, 6.07) is 18.0. The van der Waals surface area contributed by atoms with E-state index in [0.717, 1.165) is 35.9 Å². The van der Waals surface area contributed by atoms with Gasteiger partial charge in [0.15, 0.2) is 0 Å². The summed E-state index contributed by atoms with van der Waals surface area (Å²) < 4.78 is 5.14. The van der Waals surface area contributed by atoms with Gasteiger partial charge in [-0.3, -0.25) is 9.59 Å². The highest BCUT2D eigenvalue weighted by Gasteiger charge is 2.47. The number of aromatic amines is 1. The van der Waals surface area contributed by atoms with Crippen LogP contribution >= 0.6 is 0 Å². The maximum absolute atomic E-state index is 13.5. The van der Waals surface area contributed by atoms with Gasteiger partial charge in [-0.15, -0.1) is 0 Å². The van der Waals surface area contributed by atoms with Crippen LogP contribution in [-0.2, 0) is 27.2 Å². The number of aromatic nitrogens is 1. The van der Waals surface area contributed by atoms with Crippen molar-refractivity contribution in [3.8, 4) is 0 Å². The topological polar surface area (TPSA) is 65.6 Å². The number of nitrogens with one attached hydrogen (secondary N) is 1. The Kier molecular flexibility index (Phi) is 5.70. The fraction of sp³-hybridized carbons (Fsp3) is 0.385. The largest absolute Gasteiger partial charge is 0.385 e. The maximum Gasteiger partial charge on any atom is 0.246 e. The van der Waals surface area contributed by atoms with E-state index in [1.807, 2.05) is 35.2 Å². The molecule has 1 aromatic heterocycles. The number of hydrogen-bond acceptors (Lipinski definition) is 3. The van der Waals surface area contributed by atoms with Crippen LogP contribution in [0.2, 0.25) is 0 Å². The molecule has 3 heterocycles. The molecule has 2 amide bonds. The number of ether oxygens (including phenoxy) is 1. The minimum atomic E-state index is -0.439. The van der Waals surface area contributed by atoms with Gasteiger partial charge in [-0.1, -0.05) is 48.5 Å². The van der Waals surface area contributed by atoms with Crippen molar-refractivity contribution in [3.05, 3.63) is 71.4 Å². The van der Waals surface area contributed by atoms with E-state index < -0.39 is 6.04 Å². The highest BCUT2D eigenvalue weighted by atomic mass is 16.5. The summed E-state index contributed by atoms with van der Waals surface area (Å²) >= 11 is 0. The van der Waals surface area contributed by atoms with Crippen LogP contribution in [0.1, 0.15) is 35.7 Å². The SMILES string of the molecule is COCCCN1CC(=O)N2C(CCc3ccccc3)c3[nH]c4ccccc4c3C[C@@H]2C1=O. The van der Waals surface area contributed by atoms with Gasteiger partial charge in [-0.2, -0.15) is 0 Å². The number of para-hydroxylation sites is 1. The zero-order valence-electron chi connectivity index (χ0n) is 18.4. The van der Waals surface area contributed by atoms with Crippen LogP contribution in [0.25, 0.3) is 10.9 Å². The number of nitrogens with zero attached hydrogens (tertiary/aromatic N) is 2. The number of rotatable bonds is 7. The number of carbonyl (C=O) groups is 2. The van der Waals surface area contributed by atoms with Crippen LogP contribution in [0.15, 0.2) is 54.6 Å². The number of fused-ring (bicyclic) bond motifs is 4. The third-order valence-electron chi connectivity index (χ3n) is 6.79. The summed E-state index contributed by atoms with van der Waals surface area (Å²) in [4.78, 5) is 34.0. The lowest BCUT2D eigenvalue weighted by Crippen LogP contribution is -2.63. The normalized spacial score (nSPS) is 20.5. The molecule has 1 N–H and O–H groups in total. The smallest absolute Gasteiger partial charge is 0.246 e. The fourth-order valence-electron chi connectivity index (χ4n) is 5.28. The third kappa shape index (κ3) is 3.69. The van der Waals surface area contributed by atoms with Crippen molar-refractivity contribution in [2.75, 3.05) is 26.8 Å². The van der Waals surface area contributed by atoms with Crippen LogP contribution in [0.3, 0.4) is 0 Å². The first kappa shape index (κ1) is 20.8. The van der Waals surface area contributed by atoms with E-state index in [1.54, 1.807) is 12.0 Å². The monoisotopic (exact) mass is 431 g/mol. The second-order valence-electron chi connectivity index (χ2n) is 8.73. The summed E-state index contributed by atoms with van der Waals surface area (Å²) in [5.74, 6) is 0.0933. The lowest BCUT2D eigenvalue weighted by atomic mass is 9.86. The Morgan fingerprint density at radius 1 is 1.06 bits per heavy atom.